The summed E-state index contributed by atoms with van der Waals surface area (Å²) >= 11 is 0. The van der Waals surface area contributed by atoms with E-state index in [2.05, 4.69) is 10.0 Å². The molecule has 1 unspecified atom stereocenters. The highest BCUT2D eigenvalue weighted by atomic mass is 32.2. The SMILES string of the molecule is CC(NC(=O)c1ccc(NS(=O)(=O)c2ccccc2)cc1)c1ccco1. The van der Waals surface area contributed by atoms with Gasteiger partial charge in [0, 0.05) is 11.3 Å². The van der Waals surface area contributed by atoms with Gasteiger partial charge in [0.1, 0.15) is 5.76 Å². The highest BCUT2D eigenvalue weighted by Gasteiger charge is 2.15. The minimum Gasteiger partial charge on any atom is -0.467 e. The van der Waals surface area contributed by atoms with Crippen LogP contribution < -0.4 is 10.0 Å². The molecule has 1 heterocycles. The van der Waals surface area contributed by atoms with Crippen molar-refractivity contribution in [2.75, 3.05) is 4.72 Å². The van der Waals surface area contributed by atoms with Crippen LogP contribution in [0.2, 0.25) is 0 Å². The summed E-state index contributed by atoms with van der Waals surface area (Å²) in [5.74, 6) is 0.386. The number of furan rings is 1. The zero-order chi connectivity index (χ0) is 18.6. The topological polar surface area (TPSA) is 88.4 Å². The van der Waals surface area contributed by atoms with Crippen molar-refractivity contribution in [2.24, 2.45) is 0 Å². The molecular weight excluding hydrogens is 352 g/mol. The summed E-state index contributed by atoms with van der Waals surface area (Å²) in [5.41, 5.74) is 0.801. The number of carbonyl (C=O) groups excluding carboxylic acids is 1. The van der Waals surface area contributed by atoms with Gasteiger partial charge in [-0.3, -0.25) is 9.52 Å². The van der Waals surface area contributed by atoms with Crippen LogP contribution in [0, 0.1) is 0 Å². The number of sulfonamides is 1. The van der Waals surface area contributed by atoms with Crippen molar-refractivity contribution < 1.29 is 17.6 Å². The third-order valence-electron chi connectivity index (χ3n) is 3.77. The predicted molar refractivity (Wildman–Crippen MR) is 98.3 cm³/mol. The first kappa shape index (κ1) is 17.8. The number of anilines is 1. The molecule has 1 aromatic heterocycles. The van der Waals surface area contributed by atoms with Crippen molar-refractivity contribution in [3.05, 3.63) is 84.3 Å². The smallest absolute Gasteiger partial charge is 0.261 e. The molecule has 1 amide bonds. The van der Waals surface area contributed by atoms with Gasteiger partial charge in [-0.15, -0.1) is 0 Å². The number of amides is 1. The van der Waals surface area contributed by atoms with Gasteiger partial charge in [-0.1, -0.05) is 18.2 Å². The van der Waals surface area contributed by atoms with Crippen LogP contribution >= 0.6 is 0 Å². The Morgan fingerprint density at radius 3 is 2.27 bits per heavy atom. The molecule has 0 aliphatic carbocycles. The molecule has 0 aliphatic heterocycles. The largest absolute Gasteiger partial charge is 0.467 e. The summed E-state index contributed by atoms with van der Waals surface area (Å²) in [4.78, 5) is 12.5. The molecule has 134 valence electrons. The third kappa shape index (κ3) is 4.12. The summed E-state index contributed by atoms with van der Waals surface area (Å²) in [6, 6.07) is 17.6. The maximum atomic E-state index is 12.3. The van der Waals surface area contributed by atoms with Crippen molar-refractivity contribution in [1.29, 1.82) is 0 Å². The Morgan fingerprint density at radius 2 is 1.65 bits per heavy atom. The van der Waals surface area contributed by atoms with Crippen molar-refractivity contribution >= 4 is 21.6 Å². The van der Waals surface area contributed by atoms with Crippen LogP contribution in [0.1, 0.15) is 29.1 Å². The zero-order valence-corrected chi connectivity index (χ0v) is 14.9. The fourth-order valence-electron chi connectivity index (χ4n) is 2.39. The van der Waals surface area contributed by atoms with E-state index in [1.165, 1.54) is 12.1 Å². The third-order valence-corrected chi connectivity index (χ3v) is 5.17. The van der Waals surface area contributed by atoms with E-state index in [0.29, 0.717) is 17.0 Å². The molecule has 3 rings (SSSR count). The lowest BCUT2D eigenvalue weighted by molar-refractivity contribution is 0.0935. The summed E-state index contributed by atoms with van der Waals surface area (Å²) in [5, 5.41) is 2.82. The number of carbonyl (C=O) groups is 1. The zero-order valence-electron chi connectivity index (χ0n) is 14.0. The highest BCUT2D eigenvalue weighted by Crippen LogP contribution is 2.17. The van der Waals surface area contributed by atoms with Gasteiger partial charge in [0.05, 0.1) is 17.2 Å². The van der Waals surface area contributed by atoms with E-state index in [0.717, 1.165) is 0 Å². The van der Waals surface area contributed by atoms with E-state index in [1.54, 1.807) is 60.9 Å². The van der Waals surface area contributed by atoms with Gasteiger partial charge < -0.3 is 9.73 Å². The van der Waals surface area contributed by atoms with Gasteiger partial charge in [0.2, 0.25) is 0 Å². The standard InChI is InChI=1S/C19H18N2O4S/c1-14(18-8-5-13-25-18)20-19(22)15-9-11-16(12-10-15)21-26(23,24)17-6-3-2-4-7-17/h2-14,21H,1H3,(H,20,22). The van der Waals surface area contributed by atoms with Crippen LogP contribution in [0.15, 0.2) is 82.3 Å². The maximum Gasteiger partial charge on any atom is 0.261 e. The molecule has 1 atom stereocenters. The van der Waals surface area contributed by atoms with Crippen LogP contribution in [-0.2, 0) is 10.0 Å². The first-order valence-electron chi connectivity index (χ1n) is 7.98. The number of hydrogen-bond acceptors (Lipinski definition) is 4. The second-order valence-electron chi connectivity index (χ2n) is 5.71. The van der Waals surface area contributed by atoms with E-state index >= 15 is 0 Å². The lowest BCUT2D eigenvalue weighted by Gasteiger charge is -2.12. The summed E-state index contributed by atoms with van der Waals surface area (Å²) in [6.07, 6.45) is 1.55. The van der Waals surface area contributed by atoms with Crippen LogP contribution in [0.5, 0.6) is 0 Å². The maximum absolute atomic E-state index is 12.3. The van der Waals surface area contributed by atoms with Gasteiger partial charge in [-0.25, -0.2) is 8.42 Å². The van der Waals surface area contributed by atoms with Crippen LogP contribution in [0.3, 0.4) is 0 Å². The molecule has 26 heavy (non-hydrogen) atoms. The van der Waals surface area contributed by atoms with Crippen molar-refractivity contribution in [3.8, 4) is 0 Å². The van der Waals surface area contributed by atoms with Gasteiger partial charge in [0.25, 0.3) is 15.9 Å². The second-order valence-corrected chi connectivity index (χ2v) is 7.39. The molecule has 0 bridgehead atoms. The van der Waals surface area contributed by atoms with Gasteiger partial charge in [-0.05, 0) is 55.5 Å². The van der Waals surface area contributed by atoms with E-state index in [9.17, 15) is 13.2 Å². The quantitative estimate of drug-likeness (QED) is 0.694. The number of rotatable bonds is 6. The van der Waals surface area contributed by atoms with Crippen LogP contribution in [0.4, 0.5) is 5.69 Å². The van der Waals surface area contributed by atoms with Crippen LogP contribution in [-0.4, -0.2) is 14.3 Å². The molecule has 0 spiro atoms. The lowest BCUT2D eigenvalue weighted by atomic mass is 10.1. The van der Waals surface area contributed by atoms with Crippen molar-refractivity contribution in [3.63, 3.8) is 0 Å². The Kier molecular flexibility index (Phi) is 5.09. The van der Waals surface area contributed by atoms with Crippen molar-refractivity contribution in [2.45, 2.75) is 17.9 Å². The predicted octanol–water partition coefficient (Wildman–Crippen LogP) is 3.57. The van der Waals surface area contributed by atoms with Gasteiger partial charge >= 0.3 is 0 Å². The number of nitrogens with one attached hydrogen (secondary N) is 2. The Bertz CT molecular complexity index is 966. The molecular formula is C19H18N2O4S. The molecule has 0 saturated heterocycles. The Hall–Kier alpha value is -3.06. The molecule has 7 heteroatoms. The highest BCUT2D eigenvalue weighted by molar-refractivity contribution is 7.92. The molecule has 3 aromatic rings. The van der Waals surface area contributed by atoms with E-state index in [-0.39, 0.29) is 16.8 Å². The monoisotopic (exact) mass is 370 g/mol. The average Bonchev–Trinajstić information content (AvgIpc) is 3.17. The first-order chi connectivity index (χ1) is 12.5. The summed E-state index contributed by atoms with van der Waals surface area (Å²) < 4.78 is 32.3. The van der Waals surface area contributed by atoms with Crippen LogP contribution in [0.25, 0.3) is 0 Å². The Labute approximate surface area is 151 Å². The van der Waals surface area contributed by atoms with E-state index in [4.69, 9.17) is 4.42 Å². The number of hydrogen-bond donors (Lipinski definition) is 2. The molecule has 0 fully saturated rings. The van der Waals surface area contributed by atoms with E-state index < -0.39 is 10.0 Å². The molecule has 2 N–H and O–H groups in total. The first-order valence-corrected chi connectivity index (χ1v) is 9.46. The minimum atomic E-state index is -3.66. The molecule has 0 aliphatic rings. The normalized spacial score (nSPS) is 12.3. The molecule has 2 aromatic carbocycles. The summed E-state index contributed by atoms with van der Waals surface area (Å²) in [7, 11) is -3.66. The fraction of sp³-hybridized carbons (Fsp3) is 0.105. The molecule has 6 nitrogen and oxygen atoms in total. The average molecular weight is 370 g/mol. The summed E-state index contributed by atoms with van der Waals surface area (Å²) in [6.45, 7) is 1.82. The van der Waals surface area contributed by atoms with E-state index in [1.807, 2.05) is 6.92 Å². The van der Waals surface area contributed by atoms with Crippen molar-refractivity contribution in [1.82, 2.24) is 5.32 Å². The second kappa shape index (κ2) is 7.45. The lowest BCUT2D eigenvalue weighted by Crippen LogP contribution is -2.26. The number of benzene rings is 2. The molecule has 0 radical (unpaired) electrons. The van der Waals surface area contributed by atoms with Gasteiger partial charge in [0.15, 0.2) is 0 Å². The van der Waals surface area contributed by atoms with Gasteiger partial charge in [-0.2, -0.15) is 0 Å². The minimum absolute atomic E-state index is 0.175. The Morgan fingerprint density at radius 1 is 0.962 bits per heavy atom. The fourth-order valence-corrected chi connectivity index (χ4v) is 3.47. The Balaban J connectivity index is 1.67. The molecule has 0 saturated carbocycles.